The highest BCUT2D eigenvalue weighted by molar-refractivity contribution is 6.35. The Bertz CT molecular complexity index is 680. The van der Waals surface area contributed by atoms with Crippen LogP contribution in [-0.2, 0) is 4.74 Å². The number of nitrogens with zero attached hydrogens (tertiary/aromatic N) is 1. The molecule has 0 aliphatic heterocycles. The van der Waals surface area contributed by atoms with Crippen LogP contribution in [0, 0.1) is 0 Å². The van der Waals surface area contributed by atoms with Crippen molar-refractivity contribution in [2.24, 2.45) is 0 Å². The number of anilines is 2. The highest BCUT2D eigenvalue weighted by atomic mass is 35.5. The zero-order valence-corrected chi connectivity index (χ0v) is 14.1. The molecule has 0 saturated heterocycles. The van der Waals surface area contributed by atoms with Crippen molar-refractivity contribution < 1.29 is 9.53 Å². The van der Waals surface area contributed by atoms with Crippen LogP contribution in [0.3, 0.4) is 0 Å². The van der Waals surface area contributed by atoms with E-state index in [4.69, 9.17) is 27.9 Å². The number of halogens is 2. The zero-order chi connectivity index (χ0) is 16.7. The summed E-state index contributed by atoms with van der Waals surface area (Å²) in [4.78, 5) is 16.3. The highest BCUT2D eigenvalue weighted by Gasteiger charge is 2.08. The lowest BCUT2D eigenvalue weighted by atomic mass is 10.2. The molecule has 0 aliphatic rings. The monoisotopic (exact) mass is 353 g/mol. The van der Waals surface area contributed by atoms with E-state index < -0.39 is 0 Å². The molecule has 0 aliphatic carbocycles. The maximum absolute atomic E-state index is 12.1. The van der Waals surface area contributed by atoms with Crippen LogP contribution in [0.25, 0.3) is 0 Å². The van der Waals surface area contributed by atoms with Crippen molar-refractivity contribution in [1.29, 1.82) is 0 Å². The Morgan fingerprint density at radius 2 is 2.09 bits per heavy atom. The van der Waals surface area contributed by atoms with E-state index in [0.29, 0.717) is 40.3 Å². The molecule has 7 heteroatoms. The summed E-state index contributed by atoms with van der Waals surface area (Å²) in [5, 5.41) is 6.96. The van der Waals surface area contributed by atoms with Gasteiger partial charge in [0.15, 0.2) is 0 Å². The molecule has 5 nitrogen and oxygen atoms in total. The van der Waals surface area contributed by atoms with Gasteiger partial charge >= 0.3 is 0 Å². The van der Waals surface area contributed by atoms with Gasteiger partial charge in [-0.05, 0) is 36.8 Å². The van der Waals surface area contributed by atoms with Crippen molar-refractivity contribution in [1.82, 2.24) is 10.3 Å². The quantitative estimate of drug-likeness (QED) is 0.741. The SMILES string of the molecule is COCCCNC(=O)c1ccnc(Nc2cc(Cl)ccc2Cl)c1. The summed E-state index contributed by atoms with van der Waals surface area (Å²) in [5.41, 5.74) is 1.14. The summed E-state index contributed by atoms with van der Waals surface area (Å²) in [7, 11) is 1.63. The second kappa shape index (κ2) is 8.72. The number of rotatable bonds is 7. The molecule has 0 fully saturated rings. The molecular formula is C16H17Cl2N3O2. The molecule has 2 aromatic rings. The van der Waals surface area contributed by atoms with Gasteiger partial charge in [0, 0.05) is 37.0 Å². The molecule has 0 atom stereocenters. The molecular weight excluding hydrogens is 337 g/mol. The first-order chi connectivity index (χ1) is 11.1. The van der Waals surface area contributed by atoms with E-state index >= 15 is 0 Å². The zero-order valence-electron chi connectivity index (χ0n) is 12.6. The van der Waals surface area contributed by atoms with E-state index in [1.165, 1.54) is 0 Å². The van der Waals surface area contributed by atoms with Gasteiger partial charge in [0.05, 0.1) is 10.7 Å². The minimum Gasteiger partial charge on any atom is -0.385 e. The summed E-state index contributed by atoms with van der Waals surface area (Å²) < 4.78 is 4.94. The average molecular weight is 354 g/mol. The fourth-order valence-electron chi connectivity index (χ4n) is 1.89. The van der Waals surface area contributed by atoms with Crippen molar-refractivity contribution in [3.63, 3.8) is 0 Å². The van der Waals surface area contributed by atoms with E-state index in [2.05, 4.69) is 15.6 Å². The standard InChI is InChI=1S/C16H17Cl2N3O2/c1-23-8-2-6-20-16(22)11-5-7-19-15(9-11)21-14-10-12(17)3-4-13(14)18/h3-5,7,9-10H,2,6,8H2,1H3,(H,19,21)(H,20,22). The lowest BCUT2D eigenvalue weighted by Gasteiger charge is -2.10. The average Bonchev–Trinajstić information content (AvgIpc) is 2.55. The molecule has 122 valence electrons. The van der Waals surface area contributed by atoms with Crippen LogP contribution >= 0.6 is 23.2 Å². The summed E-state index contributed by atoms with van der Waals surface area (Å²) in [6.45, 7) is 1.16. The summed E-state index contributed by atoms with van der Waals surface area (Å²) in [6.07, 6.45) is 2.32. The van der Waals surface area contributed by atoms with Gasteiger partial charge in [0.1, 0.15) is 5.82 Å². The van der Waals surface area contributed by atoms with E-state index in [1.807, 2.05) is 0 Å². The largest absolute Gasteiger partial charge is 0.385 e. The molecule has 1 aromatic heterocycles. The van der Waals surface area contributed by atoms with Crippen LogP contribution in [0.2, 0.25) is 10.0 Å². The van der Waals surface area contributed by atoms with E-state index in [0.717, 1.165) is 6.42 Å². The predicted octanol–water partition coefficient (Wildman–Crippen LogP) is 3.90. The molecule has 1 amide bonds. The highest BCUT2D eigenvalue weighted by Crippen LogP contribution is 2.27. The Morgan fingerprint density at radius 1 is 1.26 bits per heavy atom. The van der Waals surface area contributed by atoms with Gasteiger partial charge in [-0.2, -0.15) is 0 Å². The maximum Gasteiger partial charge on any atom is 0.251 e. The second-order valence-electron chi connectivity index (χ2n) is 4.78. The third kappa shape index (κ3) is 5.39. The van der Waals surface area contributed by atoms with Crippen molar-refractivity contribution in [2.45, 2.75) is 6.42 Å². The topological polar surface area (TPSA) is 63.2 Å². The molecule has 0 saturated carbocycles. The van der Waals surface area contributed by atoms with Gasteiger partial charge < -0.3 is 15.4 Å². The van der Waals surface area contributed by atoms with Crippen molar-refractivity contribution in [3.05, 3.63) is 52.1 Å². The molecule has 1 heterocycles. The van der Waals surface area contributed by atoms with E-state index in [9.17, 15) is 4.79 Å². The minimum atomic E-state index is -0.163. The Kier molecular flexibility index (Phi) is 6.65. The lowest BCUT2D eigenvalue weighted by Crippen LogP contribution is -2.25. The molecule has 0 bridgehead atoms. The van der Waals surface area contributed by atoms with Gasteiger partial charge in [-0.1, -0.05) is 23.2 Å². The van der Waals surface area contributed by atoms with Crippen LogP contribution in [0.4, 0.5) is 11.5 Å². The smallest absolute Gasteiger partial charge is 0.251 e. The van der Waals surface area contributed by atoms with Gasteiger partial charge in [0.2, 0.25) is 0 Å². The summed E-state index contributed by atoms with van der Waals surface area (Å²) in [6, 6.07) is 8.40. The lowest BCUT2D eigenvalue weighted by molar-refractivity contribution is 0.0948. The number of pyridine rings is 1. The molecule has 0 spiro atoms. The van der Waals surface area contributed by atoms with Crippen LogP contribution in [0.5, 0.6) is 0 Å². The van der Waals surface area contributed by atoms with Gasteiger partial charge in [-0.3, -0.25) is 4.79 Å². The second-order valence-corrected chi connectivity index (χ2v) is 5.62. The van der Waals surface area contributed by atoms with Crippen molar-refractivity contribution in [2.75, 3.05) is 25.6 Å². The summed E-state index contributed by atoms with van der Waals surface area (Å²) in [5.74, 6) is 0.349. The molecule has 2 rings (SSSR count). The first-order valence-corrected chi connectivity index (χ1v) is 7.81. The number of carbonyl (C=O) groups is 1. The first-order valence-electron chi connectivity index (χ1n) is 7.05. The van der Waals surface area contributed by atoms with Gasteiger partial charge in [-0.25, -0.2) is 4.98 Å². The van der Waals surface area contributed by atoms with Crippen LogP contribution < -0.4 is 10.6 Å². The molecule has 1 aromatic carbocycles. The number of aromatic nitrogens is 1. The van der Waals surface area contributed by atoms with E-state index in [1.54, 1.807) is 43.6 Å². The van der Waals surface area contributed by atoms with E-state index in [-0.39, 0.29) is 5.91 Å². The number of nitrogens with one attached hydrogen (secondary N) is 2. The number of ether oxygens (including phenoxy) is 1. The fraction of sp³-hybridized carbons (Fsp3) is 0.250. The third-order valence-electron chi connectivity index (χ3n) is 3.02. The molecule has 23 heavy (non-hydrogen) atoms. The predicted molar refractivity (Wildman–Crippen MR) is 92.8 cm³/mol. The minimum absolute atomic E-state index is 0.163. The number of amides is 1. The number of hydrogen-bond acceptors (Lipinski definition) is 4. The van der Waals surface area contributed by atoms with Crippen LogP contribution in [-0.4, -0.2) is 31.2 Å². The number of benzene rings is 1. The Labute approximate surface area is 145 Å². The number of hydrogen-bond donors (Lipinski definition) is 2. The molecule has 0 unspecified atom stereocenters. The third-order valence-corrected chi connectivity index (χ3v) is 3.59. The van der Waals surface area contributed by atoms with Crippen LogP contribution in [0.15, 0.2) is 36.5 Å². The molecule has 0 radical (unpaired) electrons. The van der Waals surface area contributed by atoms with Crippen molar-refractivity contribution >= 4 is 40.6 Å². The fourth-order valence-corrected chi connectivity index (χ4v) is 2.23. The number of carbonyl (C=O) groups excluding carboxylic acids is 1. The van der Waals surface area contributed by atoms with Crippen molar-refractivity contribution in [3.8, 4) is 0 Å². The van der Waals surface area contributed by atoms with Gasteiger partial charge in [-0.15, -0.1) is 0 Å². The number of methoxy groups -OCH3 is 1. The Balaban J connectivity index is 2.04. The normalized spacial score (nSPS) is 10.4. The Hall–Kier alpha value is -1.82. The Morgan fingerprint density at radius 3 is 2.87 bits per heavy atom. The maximum atomic E-state index is 12.1. The first kappa shape index (κ1) is 17.5. The van der Waals surface area contributed by atoms with Crippen LogP contribution in [0.1, 0.15) is 16.8 Å². The molecule has 2 N–H and O–H groups in total. The van der Waals surface area contributed by atoms with Gasteiger partial charge in [0.25, 0.3) is 5.91 Å². The summed E-state index contributed by atoms with van der Waals surface area (Å²) >= 11 is 12.1.